The lowest BCUT2D eigenvalue weighted by molar-refractivity contribution is 0.605. The standard InChI is InChI=1S/C14H11BrO2S/c15-13-6-4-5-12(11-13)9-10-18(16,17)14-7-2-1-3-8-14/h1-11H. The Morgan fingerprint density at radius 2 is 1.67 bits per heavy atom. The average molecular weight is 323 g/mol. The van der Waals surface area contributed by atoms with Crippen molar-refractivity contribution >= 4 is 31.8 Å². The van der Waals surface area contributed by atoms with Gasteiger partial charge in [-0.2, -0.15) is 0 Å². The molecule has 2 rings (SSSR count). The van der Waals surface area contributed by atoms with E-state index in [1.807, 2.05) is 24.3 Å². The van der Waals surface area contributed by atoms with Crippen LogP contribution in [0.3, 0.4) is 0 Å². The van der Waals surface area contributed by atoms with Gasteiger partial charge in [0.05, 0.1) is 4.90 Å². The molecule has 18 heavy (non-hydrogen) atoms. The van der Waals surface area contributed by atoms with Crippen molar-refractivity contribution in [3.05, 3.63) is 70.0 Å². The second-order valence-electron chi connectivity index (χ2n) is 3.72. The number of halogens is 1. The summed E-state index contributed by atoms with van der Waals surface area (Å²) in [6.45, 7) is 0. The second-order valence-corrected chi connectivity index (χ2v) is 6.47. The summed E-state index contributed by atoms with van der Waals surface area (Å²) in [7, 11) is -3.37. The molecule has 2 nitrogen and oxygen atoms in total. The molecule has 0 N–H and O–H groups in total. The predicted octanol–water partition coefficient (Wildman–Crippen LogP) is 3.89. The van der Waals surface area contributed by atoms with Crippen LogP contribution in [0.25, 0.3) is 6.08 Å². The molecule has 0 bridgehead atoms. The Balaban J connectivity index is 2.29. The van der Waals surface area contributed by atoms with E-state index in [0.29, 0.717) is 4.90 Å². The molecule has 0 saturated carbocycles. The van der Waals surface area contributed by atoms with Crippen LogP contribution in [0.15, 0.2) is 69.4 Å². The predicted molar refractivity (Wildman–Crippen MR) is 76.8 cm³/mol. The smallest absolute Gasteiger partial charge is 0.199 e. The molecule has 0 aliphatic heterocycles. The molecular weight excluding hydrogens is 312 g/mol. The van der Waals surface area contributed by atoms with Gasteiger partial charge < -0.3 is 0 Å². The van der Waals surface area contributed by atoms with Crippen LogP contribution in [-0.2, 0) is 9.84 Å². The van der Waals surface area contributed by atoms with Crippen LogP contribution < -0.4 is 0 Å². The van der Waals surface area contributed by atoms with E-state index < -0.39 is 9.84 Å². The molecule has 0 atom stereocenters. The fourth-order valence-corrected chi connectivity index (χ4v) is 2.91. The monoisotopic (exact) mass is 322 g/mol. The SMILES string of the molecule is O=S(=O)(C=Cc1cccc(Br)c1)c1ccccc1. The normalized spacial score (nSPS) is 11.8. The van der Waals surface area contributed by atoms with Gasteiger partial charge >= 0.3 is 0 Å². The van der Waals surface area contributed by atoms with Crippen LogP contribution in [0.1, 0.15) is 5.56 Å². The van der Waals surface area contributed by atoms with Crippen LogP contribution in [0.4, 0.5) is 0 Å². The van der Waals surface area contributed by atoms with Gasteiger partial charge in [0, 0.05) is 9.88 Å². The Morgan fingerprint density at radius 1 is 0.944 bits per heavy atom. The van der Waals surface area contributed by atoms with E-state index in [4.69, 9.17) is 0 Å². The number of benzene rings is 2. The fourth-order valence-electron chi connectivity index (χ4n) is 1.47. The lowest BCUT2D eigenvalue weighted by Gasteiger charge is -1.98. The van der Waals surface area contributed by atoms with Gasteiger partial charge in [-0.1, -0.05) is 46.3 Å². The minimum absolute atomic E-state index is 0.302. The molecule has 0 unspecified atom stereocenters. The zero-order valence-corrected chi connectivity index (χ0v) is 11.9. The maximum atomic E-state index is 12.0. The van der Waals surface area contributed by atoms with E-state index in [-0.39, 0.29) is 0 Å². The first-order chi connectivity index (χ1) is 8.58. The molecule has 2 aromatic carbocycles. The maximum Gasteiger partial charge on any atom is 0.199 e. The minimum Gasteiger partial charge on any atom is -0.219 e. The Hall–Kier alpha value is -1.39. The molecule has 0 aromatic heterocycles. The summed E-state index contributed by atoms with van der Waals surface area (Å²) in [5.41, 5.74) is 0.837. The highest BCUT2D eigenvalue weighted by molar-refractivity contribution is 9.10. The first kappa shape index (κ1) is 13.1. The van der Waals surface area contributed by atoms with Gasteiger partial charge in [-0.25, -0.2) is 8.42 Å². The lowest BCUT2D eigenvalue weighted by atomic mass is 10.2. The van der Waals surface area contributed by atoms with Gasteiger partial charge in [0.2, 0.25) is 0 Å². The van der Waals surface area contributed by atoms with Crippen molar-refractivity contribution < 1.29 is 8.42 Å². The van der Waals surface area contributed by atoms with Crippen LogP contribution in [0.2, 0.25) is 0 Å². The molecule has 0 heterocycles. The van der Waals surface area contributed by atoms with Crippen LogP contribution >= 0.6 is 15.9 Å². The van der Waals surface area contributed by atoms with Gasteiger partial charge in [0.15, 0.2) is 9.84 Å². The molecule has 0 fully saturated rings. The van der Waals surface area contributed by atoms with Crippen molar-refractivity contribution in [3.8, 4) is 0 Å². The third-order valence-electron chi connectivity index (χ3n) is 2.36. The highest BCUT2D eigenvalue weighted by atomic mass is 79.9. The third kappa shape index (κ3) is 3.31. The summed E-state index contributed by atoms with van der Waals surface area (Å²) in [4.78, 5) is 0.302. The van der Waals surface area contributed by atoms with Crippen molar-refractivity contribution in [1.82, 2.24) is 0 Å². The van der Waals surface area contributed by atoms with Gasteiger partial charge in [0.25, 0.3) is 0 Å². The average Bonchev–Trinajstić information content (AvgIpc) is 2.38. The molecule has 2 aromatic rings. The van der Waals surface area contributed by atoms with Gasteiger partial charge in [-0.3, -0.25) is 0 Å². The van der Waals surface area contributed by atoms with Crippen molar-refractivity contribution in [1.29, 1.82) is 0 Å². The van der Waals surface area contributed by atoms with Gasteiger partial charge in [-0.05, 0) is 35.9 Å². The highest BCUT2D eigenvalue weighted by Crippen LogP contribution is 2.16. The van der Waals surface area contributed by atoms with Gasteiger partial charge in [-0.15, -0.1) is 0 Å². The summed E-state index contributed by atoms with van der Waals surface area (Å²) in [5.74, 6) is 0. The van der Waals surface area contributed by atoms with E-state index in [0.717, 1.165) is 10.0 Å². The van der Waals surface area contributed by atoms with Crippen LogP contribution in [-0.4, -0.2) is 8.42 Å². The van der Waals surface area contributed by atoms with E-state index in [1.165, 1.54) is 5.41 Å². The summed E-state index contributed by atoms with van der Waals surface area (Å²) in [6.07, 6.45) is 1.59. The fraction of sp³-hybridized carbons (Fsp3) is 0. The molecule has 0 saturated heterocycles. The zero-order valence-electron chi connectivity index (χ0n) is 9.45. The number of sulfone groups is 1. The molecule has 0 spiro atoms. The maximum absolute atomic E-state index is 12.0. The highest BCUT2D eigenvalue weighted by Gasteiger charge is 2.08. The Morgan fingerprint density at radius 3 is 2.33 bits per heavy atom. The second kappa shape index (κ2) is 5.50. The minimum atomic E-state index is -3.37. The molecule has 0 radical (unpaired) electrons. The van der Waals surface area contributed by atoms with E-state index in [9.17, 15) is 8.42 Å². The quantitative estimate of drug-likeness (QED) is 0.859. The zero-order chi connectivity index (χ0) is 13.0. The van der Waals surface area contributed by atoms with E-state index >= 15 is 0 Å². The molecular formula is C14H11BrO2S. The Kier molecular flexibility index (Phi) is 3.99. The largest absolute Gasteiger partial charge is 0.219 e. The lowest BCUT2D eigenvalue weighted by Crippen LogP contribution is -1.95. The van der Waals surface area contributed by atoms with Crippen molar-refractivity contribution in [3.63, 3.8) is 0 Å². The van der Waals surface area contributed by atoms with Crippen LogP contribution in [0, 0.1) is 0 Å². The Labute approximate surface area is 115 Å². The first-order valence-corrected chi connectivity index (χ1v) is 7.66. The van der Waals surface area contributed by atoms with Crippen molar-refractivity contribution in [2.24, 2.45) is 0 Å². The number of hydrogen-bond donors (Lipinski definition) is 0. The molecule has 4 heteroatoms. The van der Waals surface area contributed by atoms with Crippen LogP contribution in [0.5, 0.6) is 0 Å². The number of rotatable bonds is 3. The molecule has 0 aliphatic rings. The van der Waals surface area contributed by atoms with E-state index in [1.54, 1.807) is 36.4 Å². The van der Waals surface area contributed by atoms with Gasteiger partial charge in [0.1, 0.15) is 0 Å². The Bertz CT molecular complexity index is 661. The molecule has 92 valence electrons. The molecule has 0 amide bonds. The summed E-state index contributed by atoms with van der Waals surface area (Å²) >= 11 is 3.34. The number of hydrogen-bond acceptors (Lipinski definition) is 2. The third-order valence-corrected chi connectivity index (χ3v) is 4.28. The van der Waals surface area contributed by atoms with Crippen molar-refractivity contribution in [2.75, 3.05) is 0 Å². The topological polar surface area (TPSA) is 34.1 Å². The van der Waals surface area contributed by atoms with E-state index in [2.05, 4.69) is 15.9 Å². The van der Waals surface area contributed by atoms with Crippen molar-refractivity contribution in [2.45, 2.75) is 4.90 Å². The first-order valence-electron chi connectivity index (χ1n) is 5.32. The summed E-state index contributed by atoms with van der Waals surface area (Å²) in [5, 5.41) is 1.23. The molecule has 0 aliphatic carbocycles. The summed E-state index contributed by atoms with van der Waals surface area (Å²) < 4.78 is 24.9. The summed E-state index contributed by atoms with van der Waals surface area (Å²) in [6, 6.07) is 15.8.